The molecule has 0 amide bonds. The van der Waals surface area contributed by atoms with Gasteiger partial charge >= 0.3 is 0 Å². The Morgan fingerprint density at radius 2 is 2.00 bits per heavy atom. The maximum absolute atomic E-state index is 13.3. The molecule has 0 atom stereocenters. The van der Waals surface area contributed by atoms with Gasteiger partial charge in [-0.15, -0.1) is 0 Å². The van der Waals surface area contributed by atoms with Gasteiger partial charge in [0.1, 0.15) is 5.82 Å². The normalized spacial score (nSPS) is 10.3. The van der Waals surface area contributed by atoms with E-state index in [-0.39, 0.29) is 17.8 Å². The fourth-order valence-electron chi connectivity index (χ4n) is 1.77. The molecule has 0 saturated heterocycles. The van der Waals surface area contributed by atoms with E-state index in [4.69, 9.17) is 0 Å². The molecule has 0 aliphatic carbocycles. The third-order valence-corrected chi connectivity index (χ3v) is 3.16. The molecule has 2 rings (SSSR count). The van der Waals surface area contributed by atoms with E-state index < -0.39 is 16.4 Å². The lowest BCUT2D eigenvalue weighted by Crippen LogP contribution is -2.05. The third-order valence-electron chi connectivity index (χ3n) is 2.67. The van der Waals surface area contributed by atoms with Gasteiger partial charge in [-0.25, -0.2) is 4.39 Å². The van der Waals surface area contributed by atoms with Crippen molar-refractivity contribution in [2.45, 2.75) is 6.42 Å². The average molecular weight is 338 g/mol. The van der Waals surface area contributed by atoms with E-state index in [2.05, 4.69) is 15.9 Å². The van der Waals surface area contributed by atoms with Crippen molar-refractivity contribution in [1.82, 2.24) is 0 Å². The first kappa shape index (κ1) is 14.3. The minimum Gasteiger partial charge on any atom is -0.294 e. The minimum absolute atomic E-state index is 0.00308. The van der Waals surface area contributed by atoms with Crippen molar-refractivity contribution in [1.29, 1.82) is 0 Å². The topological polar surface area (TPSA) is 60.2 Å². The van der Waals surface area contributed by atoms with Gasteiger partial charge in [0, 0.05) is 22.5 Å². The molecular weight excluding hydrogens is 329 g/mol. The van der Waals surface area contributed by atoms with Crippen LogP contribution in [0.4, 0.5) is 10.1 Å². The molecule has 0 aromatic heterocycles. The number of nitro benzene ring substituents is 1. The van der Waals surface area contributed by atoms with Crippen LogP contribution in [0.1, 0.15) is 15.9 Å². The molecule has 0 saturated carbocycles. The maximum Gasteiger partial charge on any atom is 0.273 e. The Morgan fingerprint density at radius 1 is 1.25 bits per heavy atom. The Balaban J connectivity index is 2.27. The van der Waals surface area contributed by atoms with Gasteiger partial charge in [-0.1, -0.05) is 28.1 Å². The van der Waals surface area contributed by atoms with Gasteiger partial charge in [0.05, 0.1) is 11.0 Å². The van der Waals surface area contributed by atoms with Crippen LogP contribution in [0.2, 0.25) is 0 Å². The summed E-state index contributed by atoms with van der Waals surface area (Å²) < 4.78 is 14.1. The molecule has 0 radical (unpaired) electrons. The zero-order chi connectivity index (χ0) is 14.7. The van der Waals surface area contributed by atoms with E-state index in [1.54, 1.807) is 18.2 Å². The van der Waals surface area contributed by atoms with Crippen LogP contribution in [-0.2, 0) is 6.42 Å². The number of rotatable bonds is 4. The number of ketones is 1. The zero-order valence-electron chi connectivity index (χ0n) is 10.2. The molecule has 0 bridgehead atoms. The smallest absolute Gasteiger partial charge is 0.273 e. The van der Waals surface area contributed by atoms with Crippen LogP contribution in [0, 0.1) is 15.9 Å². The number of hydrogen-bond acceptors (Lipinski definition) is 3. The van der Waals surface area contributed by atoms with Gasteiger partial charge in [0.15, 0.2) is 5.78 Å². The summed E-state index contributed by atoms with van der Waals surface area (Å²) in [6.07, 6.45) is 0.0556. The van der Waals surface area contributed by atoms with E-state index in [9.17, 15) is 19.3 Å². The van der Waals surface area contributed by atoms with Crippen molar-refractivity contribution in [3.05, 3.63) is 74.0 Å². The summed E-state index contributed by atoms with van der Waals surface area (Å²) in [5, 5.41) is 10.7. The second kappa shape index (κ2) is 5.92. The molecule has 20 heavy (non-hydrogen) atoms. The predicted octanol–water partition coefficient (Wildman–Crippen LogP) is 3.92. The number of carbonyl (C=O) groups excluding carboxylic acids is 1. The first-order valence-corrected chi connectivity index (χ1v) is 6.47. The maximum atomic E-state index is 13.3. The highest BCUT2D eigenvalue weighted by Gasteiger charge is 2.15. The standard InChI is InChI=1S/C14H9BrFNO3/c15-11-3-1-2-9(4-11)5-14(18)10-6-12(16)8-13(7-10)17(19)20/h1-4,6-8H,5H2. The molecule has 102 valence electrons. The highest BCUT2D eigenvalue weighted by atomic mass is 79.9. The van der Waals surface area contributed by atoms with Gasteiger partial charge in [-0.2, -0.15) is 0 Å². The molecule has 0 fully saturated rings. The summed E-state index contributed by atoms with van der Waals surface area (Å²) in [7, 11) is 0. The van der Waals surface area contributed by atoms with Crippen LogP contribution in [0.25, 0.3) is 0 Å². The van der Waals surface area contributed by atoms with Crippen molar-refractivity contribution >= 4 is 27.4 Å². The number of halogens is 2. The number of carbonyl (C=O) groups is 1. The number of nitro groups is 1. The van der Waals surface area contributed by atoms with Crippen molar-refractivity contribution in [3.8, 4) is 0 Å². The van der Waals surface area contributed by atoms with Crippen LogP contribution in [0.15, 0.2) is 46.9 Å². The van der Waals surface area contributed by atoms with Gasteiger partial charge in [0.2, 0.25) is 0 Å². The Labute approximate surface area is 122 Å². The Kier molecular flexibility index (Phi) is 4.24. The predicted molar refractivity (Wildman–Crippen MR) is 75.2 cm³/mol. The van der Waals surface area contributed by atoms with Crippen LogP contribution in [0.3, 0.4) is 0 Å². The lowest BCUT2D eigenvalue weighted by molar-refractivity contribution is -0.385. The largest absolute Gasteiger partial charge is 0.294 e. The van der Waals surface area contributed by atoms with E-state index >= 15 is 0 Å². The van der Waals surface area contributed by atoms with Gasteiger partial charge < -0.3 is 0 Å². The SMILES string of the molecule is O=C(Cc1cccc(Br)c1)c1cc(F)cc([N+](=O)[O-])c1. The highest BCUT2D eigenvalue weighted by Crippen LogP contribution is 2.19. The second-order valence-corrected chi connectivity index (χ2v) is 5.10. The first-order valence-electron chi connectivity index (χ1n) is 5.68. The Morgan fingerprint density at radius 3 is 2.65 bits per heavy atom. The Bertz CT molecular complexity index is 688. The van der Waals surface area contributed by atoms with Crippen LogP contribution < -0.4 is 0 Å². The average Bonchev–Trinajstić information content (AvgIpc) is 2.37. The lowest BCUT2D eigenvalue weighted by atomic mass is 10.0. The fourth-order valence-corrected chi connectivity index (χ4v) is 2.22. The van der Waals surface area contributed by atoms with Crippen LogP contribution >= 0.6 is 15.9 Å². The number of hydrogen-bond donors (Lipinski definition) is 0. The number of non-ortho nitro benzene ring substituents is 1. The number of benzene rings is 2. The molecule has 6 heteroatoms. The molecule has 2 aromatic carbocycles. The molecule has 0 aliphatic heterocycles. The van der Waals surface area contributed by atoms with E-state index in [1.165, 1.54) is 0 Å². The highest BCUT2D eigenvalue weighted by molar-refractivity contribution is 9.10. The minimum atomic E-state index is -0.795. The second-order valence-electron chi connectivity index (χ2n) is 4.19. The lowest BCUT2D eigenvalue weighted by Gasteiger charge is -2.03. The quantitative estimate of drug-likeness (QED) is 0.482. The van der Waals surface area contributed by atoms with Crippen molar-refractivity contribution in [2.24, 2.45) is 0 Å². The summed E-state index contributed by atoms with van der Waals surface area (Å²) in [6.45, 7) is 0. The van der Waals surface area contributed by atoms with Crippen molar-refractivity contribution in [2.75, 3.05) is 0 Å². The monoisotopic (exact) mass is 337 g/mol. The van der Waals surface area contributed by atoms with Gasteiger partial charge in [0.25, 0.3) is 5.69 Å². The van der Waals surface area contributed by atoms with Crippen molar-refractivity contribution < 1.29 is 14.1 Å². The fraction of sp³-hybridized carbons (Fsp3) is 0.0714. The van der Waals surface area contributed by atoms with Crippen LogP contribution in [-0.4, -0.2) is 10.7 Å². The van der Waals surface area contributed by atoms with E-state index in [0.29, 0.717) is 0 Å². The summed E-state index contributed by atoms with van der Waals surface area (Å²) in [5.74, 6) is -1.16. The summed E-state index contributed by atoms with van der Waals surface area (Å²) in [5.41, 5.74) is 0.315. The van der Waals surface area contributed by atoms with Gasteiger partial charge in [-0.05, 0) is 23.8 Å². The Hall–Kier alpha value is -2.08. The molecule has 2 aromatic rings. The molecule has 4 nitrogen and oxygen atoms in total. The number of Topliss-reactive ketones (excluding diaryl/α,β-unsaturated/α-hetero) is 1. The van der Waals surface area contributed by atoms with Crippen molar-refractivity contribution in [3.63, 3.8) is 0 Å². The molecule has 0 aliphatic rings. The van der Waals surface area contributed by atoms with E-state index in [1.807, 2.05) is 6.07 Å². The summed E-state index contributed by atoms with van der Waals surface area (Å²) in [6, 6.07) is 10.0. The summed E-state index contributed by atoms with van der Waals surface area (Å²) >= 11 is 3.29. The zero-order valence-corrected chi connectivity index (χ0v) is 11.8. The first-order chi connectivity index (χ1) is 9.45. The number of nitrogens with zero attached hydrogens (tertiary/aromatic N) is 1. The van der Waals surface area contributed by atoms with E-state index in [0.717, 1.165) is 28.2 Å². The third kappa shape index (κ3) is 3.48. The molecular formula is C14H9BrFNO3. The van der Waals surface area contributed by atoms with Crippen LogP contribution in [0.5, 0.6) is 0 Å². The molecule has 0 unspecified atom stereocenters. The molecule has 0 spiro atoms. The van der Waals surface area contributed by atoms with Gasteiger partial charge in [-0.3, -0.25) is 14.9 Å². The molecule has 0 N–H and O–H groups in total. The summed E-state index contributed by atoms with van der Waals surface area (Å²) in [4.78, 5) is 22.0. The molecule has 0 heterocycles.